The number of sulfonamides is 1. The van der Waals surface area contributed by atoms with E-state index in [1.54, 1.807) is 54.2 Å². The minimum absolute atomic E-state index is 0.0910. The summed E-state index contributed by atoms with van der Waals surface area (Å²) in [6, 6.07) is 12.0. The Morgan fingerprint density at radius 1 is 1.11 bits per heavy atom. The molecule has 1 saturated heterocycles. The Morgan fingerprint density at radius 2 is 1.82 bits per heavy atom. The first kappa shape index (κ1) is 19.1. The number of aryl methyl sites for hydroxylation is 1. The molecule has 0 atom stereocenters. The maximum Gasteiger partial charge on any atom is 0.261 e. The van der Waals surface area contributed by atoms with Crippen LogP contribution in [0.1, 0.15) is 24.4 Å². The third-order valence-electron chi connectivity index (χ3n) is 5.27. The van der Waals surface area contributed by atoms with Crippen molar-refractivity contribution in [2.24, 2.45) is 0 Å². The number of fused-ring (bicyclic) bond motifs is 1. The maximum absolute atomic E-state index is 13.0. The van der Waals surface area contributed by atoms with Gasteiger partial charge in [-0.25, -0.2) is 13.4 Å². The van der Waals surface area contributed by atoms with Gasteiger partial charge in [-0.1, -0.05) is 29.8 Å². The fourth-order valence-electron chi connectivity index (χ4n) is 3.71. The van der Waals surface area contributed by atoms with Gasteiger partial charge in [-0.15, -0.1) is 0 Å². The van der Waals surface area contributed by atoms with Gasteiger partial charge in [0.25, 0.3) is 5.56 Å². The average molecular weight is 418 g/mol. The van der Waals surface area contributed by atoms with E-state index < -0.39 is 10.0 Å². The van der Waals surface area contributed by atoms with Gasteiger partial charge in [0.2, 0.25) is 10.0 Å². The molecule has 1 aliphatic rings. The minimum Gasteiger partial charge on any atom is -0.296 e. The molecule has 146 valence electrons. The molecule has 3 aromatic rings. The van der Waals surface area contributed by atoms with E-state index in [9.17, 15) is 13.2 Å². The lowest BCUT2D eigenvalue weighted by Crippen LogP contribution is -2.41. The van der Waals surface area contributed by atoms with Crippen LogP contribution in [-0.2, 0) is 10.0 Å². The second kappa shape index (κ2) is 7.31. The van der Waals surface area contributed by atoms with Crippen LogP contribution in [0.3, 0.4) is 0 Å². The van der Waals surface area contributed by atoms with Gasteiger partial charge in [-0.2, -0.15) is 4.31 Å². The highest BCUT2D eigenvalue weighted by Crippen LogP contribution is 2.27. The molecule has 0 spiro atoms. The maximum atomic E-state index is 13.0. The van der Waals surface area contributed by atoms with E-state index in [0.717, 1.165) is 5.56 Å². The molecular weight excluding hydrogens is 398 g/mol. The number of nitrogens with zero attached hydrogens (tertiary/aromatic N) is 3. The second-order valence-corrected chi connectivity index (χ2v) is 9.36. The van der Waals surface area contributed by atoms with Crippen LogP contribution in [0.25, 0.3) is 10.9 Å². The summed E-state index contributed by atoms with van der Waals surface area (Å²) >= 11 is 6.02. The van der Waals surface area contributed by atoms with Gasteiger partial charge in [0.15, 0.2) is 0 Å². The molecule has 2 heterocycles. The highest BCUT2D eigenvalue weighted by atomic mass is 35.5. The summed E-state index contributed by atoms with van der Waals surface area (Å²) in [6.07, 6.45) is 2.66. The monoisotopic (exact) mass is 417 g/mol. The molecule has 28 heavy (non-hydrogen) atoms. The Morgan fingerprint density at radius 3 is 2.54 bits per heavy atom. The molecule has 8 heteroatoms. The van der Waals surface area contributed by atoms with Gasteiger partial charge in [0.05, 0.1) is 22.1 Å². The molecule has 1 aliphatic heterocycles. The van der Waals surface area contributed by atoms with Crippen molar-refractivity contribution >= 4 is 32.5 Å². The number of rotatable bonds is 3. The smallest absolute Gasteiger partial charge is 0.261 e. The van der Waals surface area contributed by atoms with Crippen LogP contribution in [0, 0.1) is 6.92 Å². The van der Waals surface area contributed by atoms with Gasteiger partial charge in [0.1, 0.15) is 0 Å². The van der Waals surface area contributed by atoms with Crippen LogP contribution in [0.5, 0.6) is 0 Å². The number of hydrogen-bond donors (Lipinski definition) is 0. The topological polar surface area (TPSA) is 72.3 Å². The van der Waals surface area contributed by atoms with E-state index in [0.29, 0.717) is 46.8 Å². The van der Waals surface area contributed by atoms with Crippen LogP contribution in [-0.4, -0.2) is 35.4 Å². The van der Waals surface area contributed by atoms with Crippen LogP contribution >= 0.6 is 11.6 Å². The highest BCUT2D eigenvalue weighted by molar-refractivity contribution is 7.89. The van der Waals surface area contributed by atoms with E-state index in [4.69, 9.17) is 11.6 Å². The van der Waals surface area contributed by atoms with Crippen molar-refractivity contribution in [2.75, 3.05) is 13.1 Å². The van der Waals surface area contributed by atoms with Gasteiger partial charge in [-0.3, -0.25) is 9.36 Å². The molecule has 0 bridgehead atoms. The lowest BCUT2D eigenvalue weighted by atomic mass is 10.1. The predicted molar refractivity (Wildman–Crippen MR) is 109 cm³/mol. The zero-order chi connectivity index (χ0) is 19.9. The Hall–Kier alpha value is -2.22. The third kappa shape index (κ3) is 3.34. The summed E-state index contributed by atoms with van der Waals surface area (Å²) in [5, 5.41) is 0.966. The van der Waals surface area contributed by atoms with E-state index in [1.165, 1.54) is 4.31 Å². The van der Waals surface area contributed by atoms with Gasteiger partial charge in [-0.05, 0) is 49.6 Å². The van der Waals surface area contributed by atoms with Gasteiger partial charge in [0, 0.05) is 24.2 Å². The van der Waals surface area contributed by atoms with E-state index in [2.05, 4.69) is 4.98 Å². The number of aromatic nitrogens is 2. The number of hydrogen-bond acceptors (Lipinski definition) is 4. The standard InChI is InChI=1S/C20H20ClN3O3S/c1-14-4-2-3-5-19(14)28(26,27)23-10-8-16(9-11-23)24-13-22-18-7-6-15(21)12-17(18)20(24)25/h2-7,12-13,16H,8-11H2,1H3. The summed E-state index contributed by atoms with van der Waals surface area (Å²) in [6.45, 7) is 2.52. The lowest BCUT2D eigenvalue weighted by Gasteiger charge is -2.32. The van der Waals surface area contributed by atoms with E-state index in [-0.39, 0.29) is 11.6 Å². The molecule has 1 fully saturated rings. The van der Waals surface area contributed by atoms with E-state index >= 15 is 0 Å². The molecule has 0 saturated carbocycles. The van der Waals surface area contributed by atoms with Gasteiger partial charge < -0.3 is 0 Å². The van der Waals surface area contributed by atoms with Crippen molar-refractivity contribution in [2.45, 2.75) is 30.7 Å². The summed E-state index contributed by atoms with van der Waals surface area (Å²) in [7, 11) is -3.54. The van der Waals surface area contributed by atoms with E-state index in [1.807, 2.05) is 6.07 Å². The predicted octanol–water partition coefficient (Wildman–Crippen LogP) is 3.38. The zero-order valence-electron chi connectivity index (χ0n) is 15.4. The molecule has 4 rings (SSSR count). The molecule has 1 aromatic heterocycles. The van der Waals surface area contributed by atoms with Crippen molar-refractivity contribution in [1.82, 2.24) is 13.9 Å². The average Bonchev–Trinajstić information content (AvgIpc) is 2.69. The van der Waals surface area contributed by atoms with Gasteiger partial charge >= 0.3 is 0 Å². The largest absolute Gasteiger partial charge is 0.296 e. The summed E-state index contributed by atoms with van der Waals surface area (Å²) in [4.78, 5) is 17.6. The van der Waals surface area contributed by atoms with Crippen molar-refractivity contribution in [3.8, 4) is 0 Å². The molecule has 0 radical (unpaired) electrons. The van der Waals surface area contributed by atoms with Crippen molar-refractivity contribution in [3.63, 3.8) is 0 Å². The third-order valence-corrected chi connectivity index (χ3v) is 7.57. The molecule has 2 aromatic carbocycles. The fraction of sp³-hybridized carbons (Fsp3) is 0.300. The minimum atomic E-state index is -3.54. The quantitative estimate of drug-likeness (QED) is 0.654. The number of halogens is 1. The van der Waals surface area contributed by atoms with Crippen molar-refractivity contribution < 1.29 is 8.42 Å². The summed E-state index contributed by atoms with van der Waals surface area (Å²) in [5.41, 5.74) is 1.19. The highest BCUT2D eigenvalue weighted by Gasteiger charge is 2.31. The number of piperidine rings is 1. The summed E-state index contributed by atoms with van der Waals surface area (Å²) < 4.78 is 29.0. The fourth-order valence-corrected chi connectivity index (χ4v) is 5.58. The zero-order valence-corrected chi connectivity index (χ0v) is 16.9. The first-order valence-corrected chi connectivity index (χ1v) is 10.9. The Bertz CT molecular complexity index is 1200. The normalized spacial score (nSPS) is 16.5. The molecule has 0 N–H and O–H groups in total. The number of benzene rings is 2. The van der Waals surface area contributed by atoms with Crippen molar-refractivity contribution in [3.05, 3.63) is 69.7 Å². The Balaban J connectivity index is 1.58. The van der Waals surface area contributed by atoms with Crippen LogP contribution in [0.15, 0.2) is 58.5 Å². The molecular formula is C20H20ClN3O3S. The Kier molecular flexibility index (Phi) is 4.99. The van der Waals surface area contributed by atoms with Crippen LogP contribution in [0.4, 0.5) is 0 Å². The lowest BCUT2D eigenvalue weighted by molar-refractivity contribution is 0.269. The molecule has 6 nitrogen and oxygen atoms in total. The van der Waals surface area contributed by atoms with Crippen LogP contribution in [0.2, 0.25) is 5.02 Å². The first-order chi connectivity index (χ1) is 13.4. The second-order valence-electron chi connectivity index (χ2n) is 7.02. The Labute approximate surface area is 168 Å². The van der Waals surface area contributed by atoms with Crippen LogP contribution < -0.4 is 5.56 Å². The molecule has 0 amide bonds. The molecule has 0 unspecified atom stereocenters. The first-order valence-electron chi connectivity index (χ1n) is 9.10. The molecule has 0 aliphatic carbocycles. The van der Waals surface area contributed by atoms with Crippen molar-refractivity contribution in [1.29, 1.82) is 0 Å². The SMILES string of the molecule is Cc1ccccc1S(=O)(=O)N1CCC(n2cnc3ccc(Cl)cc3c2=O)CC1. The summed E-state index contributed by atoms with van der Waals surface area (Å²) in [5.74, 6) is 0.